The van der Waals surface area contributed by atoms with Gasteiger partial charge in [0.05, 0.1) is 0 Å². The van der Waals surface area contributed by atoms with E-state index in [1.165, 1.54) is 5.56 Å². The predicted octanol–water partition coefficient (Wildman–Crippen LogP) is 3.51. The lowest BCUT2D eigenvalue weighted by molar-refractivity contribution is 0.221. The minimum Gasteiger partial charge on any atom is -0.239 e. The number of benzene rings is 1. The molecule has 0 aliphatic rings. The highest BCUT2D eigenvalue weighted by Crippen LogP contribution is 2.25. The summed E-state index contributed by atoms with van der Waals surface area (Å²) in [6.45, 7) is 7.20. The van der Waals surface area contributed by atoms with Crippen molar-refractivity contribution < 1.29 is 4.39 Å². The van der Waals surface area contributed by atoms with Crippen LogP contribution >= 0.6 is 0 Å². The molecule has 0 unspecified atom stereocenters. The molecule has 0 spiro atoms. The fourth-order valence-electron chi connectivity index (χ4n) is 1.11. The molecule has 0 fully saturated rings. The van der Waals surface area contributed by atoms with Gasteiger partial charge in [-0.05, 0) is 44.4 Å². The van der Waals surface area contributed by atoms with Crippen LogP contribution < -0.4 is 0 Å². The molecule has 0 nitrogen and oxygen atoms in total. The Bertz CT molecular complexity index is 282. The summed E-state index contributed by atoms with van der Waals surface area (Å²) in [6, 6.07) is 5.73. The van der Waals surface area contributed by atoms with E-state index >= 15 is 0 Å². The molecule has 66 valence electrons. The van der Waals surface area contributed by atoms with Gasteiger partial charge in [0, 0.05) is 0 Å². The molecule has 0 radical (unpaired) electrons. The fraction of sp³-hybridized carbons (Fsp3) is 0.455. The van der Waals surface area contributed by atoms with Crippen LogP contribution in [0.15, 0.2) is 18.2 Å². The van der Waals surface area contributed by atoms with E-state index in [1.54, 1.807) is 13.8 Å². The number of hydrogen-bond donors (Lipinski definition) is 0. The molecule has 12 heavy (non-hydrogen) atoms. The summed E-state index contributed by atoms with van der Waals surface area (Å²) in [6.07, 6.45) is 0. The van der Waals surface area contributed by atoms with Crippen molar-refractivity contribution >= 4 is 0 Å². The van der Waals surface area contributed by atoms with Gasteiger partial charge in [0.2, 0.25) is 0 Å². The van der Waals surface area contributed by atoms with Crippen molar-refractivity contribution in [3.8, 4) is 0 Å². The summed E-state index contributed by atoms with van der Waals surface area (Å²) in [5.74, 6) is 0. The summed E-state index contributed by atoms with van der Waals surface area (Å²) in [4.78, 5) is 0. The molecule has 1 rings (SSSR count). The van der Waals surface area contributed by atoms with Gasteiger partial charge >= 0.3 is 0 Å². The van der Waals surface area contributed by atoms with Crippen molar-refractivity contribution in [2.24, 2.45) is 0 Å². The first-order chi connectivity index (χ1) is 5.41. The first-order valence-electron chi connectivity index (χ1n) is 4.18. The zero-order valence-corrected chi connectivity index (χ0v) is 8.11. The molecule has 0 saturated heterocycles. The summed E-state index contributed by atoms with van der Waals surface area (Å²) >= 11 is 0. The Kier molecular flexibility index (Phi) is 2.22. The van der Waals surface area contributed by atoms with Crippen LogP contribution in [0.5, 0.6) is 0 Å². The van der Waals surface area contributed by atoms with Gasteiger partial charge < -0.3 is 0 Å². The molecule has 1 aromatic carbocycles. The van der Waals surface area contributed by atoms with E-state index in [9.17, 15) is 4.39 Å². The maximum atomic E-state index is 13.4. The van der Waals surface area contributed by atoms with E-state index in [1.807, 2.05) is 32.0 Å². The Labute approximate surface area is 73.4 Å². The van der Waals surface area contributed by atoms with Crippen LogP contribution in [-0.4, -0.2) is 0 Å². The maximum Gasteiger partial charge on any atom is 0.130 e. The third-order valence-corrected chi connectivity index (χ3v) is 2.19. The van der Waals surface area contributed by atoms with Gasteiger partial charge in [0.15, 0.2) is 0 Å². The first kappa shape index (κ1) is 9.24. The van der Waals surface area contributed by atoms with Gasteiger partial charge in [-0.2, -0.15) is 0 Å². The van der Waals surface area contributed by atoms with Crippen LogP contribution in [0.1, 0.15) is 30.5 Å². The molecular formula is C11H15F. The second-order valence-corrected chi connectivity index (χ2v) is 3.77. The number of halogens is 1. The molecule has 0 aromatic heterocycles. The summed E-state index contributed by atoms with van der Waals surface area (Å²) in [5.41, 5.74) is 1.89. The van der Waals surface area contributed by atoms with Crippen LogP contribution in [0.3, 0.4) is 0 Å². The molecule has 0 heterocycles. The summed E-state index contributed by atoms with van der Waals surface area (Å²) < 4.78 is 13.4. The van der Waals surface area contributed by atoms with Crippen LogP contribution in [0.25, 0.3) is 0 Å². The molecular weight excluding hydrogens is 151 g/mol. The van der Waals surface area contributed by atoms with Crippen LogP contribution in [0.2, 0.25) is 0 Å². The Morgan fingerprint density at radius 2 is 1.67 bits per heavy atom. The maximum absolute atomic E-state index is 13.4. The largest absolute Gasteiger partial charge is 0.239 e. The van der Waals surface area contributed by atoms with Crippen molar-refractivity contribution in [2.45, 2.75) is 33.4 Å². The smallest absolute Gasteiger partial charge is 0.130 e. The fourth-order valence-corrected chi connectivity index (χ4v) is 1.11. The van der Waals surface area contributed by atoms with Crippen molar-refractivity contribution in [3.63, 3.8) is 0 Å². The van der Waals surface area contributed by atoms with Gasteiger partial charge in [-0.3, -0.25) is 0 Å². The Hall–Kier alpha value is -0.850. The Morgan fingerprint density at radius 1 is 1.08 bits per heavy atom. The molecule has 0 amide bonds. The highest BCUT2D eigenvalue weighted by atomic mass is 19.1. The molecule has 0 saturated carbocycles. The summed E-state index contributed by atoms with van der Waals surface area (Å²) in [5, 5.41) is 0. The highest BCUT2D eigenvalue weighted by molar-refractivity contribution is 5.32. The number of aryl methyl sites for hydroxylation is 2. The van der Waals surface area contributed by atoms with E-state index in [4.69, 9.17) is 0 Å². The SMILES string of the molecule is Cc1ccc(C(C)(C)F)cc1C. The van der Waals surface area contributed by atoms with Crippen molar-refractivity contribution in [2.75, 3.05) is 0 Å². The van der Waals surface area contributed by atoms with Gasteiger partial charge in [-0.1, -0.05) is 18.2 Å². The van der Waals surface area contributed by atoms with Gasteiger partial charge in [0.25, 0.3) is 0 Å². The molecule has 0 bridgehead atoms. The molecule has 0 aliphatic heterocycles. The molecule has 1 aromatic rings. The lowest BCUT2D eigenvalue weighted by Crippen LogP contribution is -2.09. The van der Waals surface area contributed by atoms with Crippen molar-refractivity contribution in [1.82, 2.24) is 0 Å². The number of hydrogen-bond acceptors (Lipinski definition) is 0. The van der Waals surface area contributed by atoms with Gasteiger partial charge in [0.1, 0.15) is 5.67 Å². The summed E-state index contributed by atoms with van der Waals surface area (Å²) in [7, 11) is 0. The average Bonchev–Trinajstić information content (AvgIpc) is 1.92. The lowest BCUT2D eigenvalue weighted by atomic mass is 9.96. The van der Waals surface area contributed by atoms with Crippen LogP contribution in [0, 0.1) is 13.8 Å². The molecule has 0 aliphatic carbocycles. The zero-order valence-electron chi connectivity index (χ0n) is 8.11. The molecule has 0 atom stereocenters. The van der Waals surface area contributed by atoms with E-state index in [2.05, 4.69) is 0 Å². The molecule has 1 heteroatoms. The standard InChI is InChI=1S/C11H15F/c1-8-5-6-10(7-9(8)2)11(3,4)12/h5-7H,1-4H3. The van der Waals surface area contributed by atoms with Crippen molar-refractivity contribution in [3.05, 3.63) is 34.9 Å². The van der Waals surface area contributed by atoms with E-state index in [-0.39, 0.29) is 0 Å². The van der Waals surface area contributed by atoms with Gasteiger partial charge in [-0.15, -0.1) is 0 Å². The normalized spacial score (nSPS) is 11.8. The predicted molar refractivity (Wildman–Crippen MR) is 50.1 cm³/mol. The topological polar surface area (TPSA) is 0 Å². The minimum absolute atomic E-state index is 0.755. The number of rotatable bonds is 1. The molecule has 0 N–H and O–H groups in total. The van der Waals surface area contributed by atoms with Crippen LogP contribution in [-0.2, 0) is 5.67 Å². The second-order valence-electron chi connectivity index (χ2n) is 3.77. The number of alkyl halides is 1. The zero-order chi connectivity index (χ0) is 9.35. The minimum atomic E-state index is -1.22. The van der Waals surface area contributed by atoms with Gasteiger partial charge in [-0.25, -0.2) is 4.39 Å². The van der Waals surface area contributed by atoms with E-state index in [0.29, 0.717) is 0 Å². The first-order valence-corrected chi connectivity index (χ1v) is 4.18. The monoisotopic (exact) mass is 166 g/mol. The third-order valence-electron chi connectivity index (χ3n) is 2.19. The Balaban J connectivity index is 3.14. The van der Waals surface area contributed by atoms with Crippen LogP contribution in [0.4, 0.5) is 4.39 Å². The average molecular weight is 166 g/mol. The lowest BCUT2D eigenvalue weighted by Gasteiger charge is -2.15. The highest BCUT2D eigenvalue weighted by Gasteiger charge is 2.18. The third kappa shape index (κ3) is 1.84. The van der Waals surface area contributed by atoms with E-state index in [0.717, 1.165) is 11.1 Å². The van der Waals surface area contributed by atoms with Crippen molar-refractivity contribution in [1.29, 1.82) is 0 Å². The quantitative estimate of drug-likeness (QED) is 0.599. The second kappa shape index (κ2) is 2.89. The van der Waals surface area contributed by atoms with E-state index < -0.39 is 5.67 Å². The Morgan fingerprint density at radius 3 is 2.08 bits per heavy atom.